The Kier molecular flexibility index (Phi) is 4.27. The lowest BCUT2D eigenvalue weighted by Crippen LogP contribution is -2.19. The second kappa shape index (κ2) is 6.13. The van der Waals surface area contributed by atoms with Crippen LogP contribution in [-0.2, 0) is 0 Å². The van der Waals surface area contributed by atoms with Gasteiger partial charge in [-0.2, -0.15) is 5.10 Å². The smallest absolute Gasteiger partial charge is 0.275 e. The maximum absolute atomic E-state index is 13.1. The molecular weight excluding hydrogens is 278 g/mol. The zero-order valence-corrected chi connectivity index (χ0v) is 11.1. The number of carbonyl (C=O) groups is 1. The first-order valence-corrected chi connectivity index (χ1v) is 6.07. The highest BCUT2D eigenvalue weighted by molar-refractivity contribution is 6.01. The van der Waals surface area contributed by atoms with Crippen molar-refractivity contribution in [2.45, 2.75) is 6.92 Å². The summed E-state index contributed by atoms with van der Waals surface area (Å²) in [4.78, 5) is 11.8. The Hall–Kier alpha value is -2.76. The Balaban J connectivity index is 2.15. The van der Waals surface area contributed by atoms with Crippen LogP contribution >= 0.6 is 0 Å². The van der Waals surface area contributed by atoms with Gasteiger partial charge in [0, 0.05) is 5.56 Å². The fourth-order valence-corrected chi connectivity index (χ4v) is 1.65. The monoisotopic (exact) mass is 290 g/mol. The van der Waals surface area contributed by atoms with Gasteiger partial charge >= 0.3 is 0 Å². The number of hydrogen-bond donors (Lipinski definition) is 2. The Bertz CT molecular complexity index is 715. The largest absolute Gasteiger partial charge is 0.507 e. The third-order valence-corrected chi connectivity index (χ3v) is 2.81. The molecule has 0 atom stereocenters. The summed E-state index contributed by atoms with van der Waals surface area (Å²) in [7, 11) is 0. The van der Waals surface area contributed by atoms with E-state index < -0.39 is 17.5 Å². The van der Waals surface area contributed by atoms with Gasteiger partial charge in [-0.1, -0.05) is 12.1 Å². The number of amides is 1. The highest BCUT2D eigenvalue weighted by Crippen LogP contribution is 2.15. The number of phenolic OH excluding ortho intramolecular Hbond substituents is 1. The van der Waals surface area contributed by atoms with Crippen molar-refractivity contribution < 1.29 is 18.7 Å². The van der Waals surface area contributed by atoms with Crippen LogP contribution in [0.2, 0.25) is 0 Å². The van der Waals surface area contributed by atoms with Crippen molar-refractivity contribution in [2.24, 2.45) is 5.10 Å². The summed E-state index contributed by atoms with van der Waals surface area (Å²) in [5.41, 5.74) is 2.96. The molecule has 0 radical (unpaired) electrons. The van der Waals surface area contributed by atoms with Crippen LogP contribution in [0.25, 0.3) is 0 Å². The molecule has 0 aliphatic rings. The van der Waals surface area contributed by atoms with Crippen LogP contribution in [0.1, 0.15) is 22.8 Å². The predicted molar refractivity (Wildman–Crippen MR) is 74.1 cm³/mol. The molecule has 0 saturated carbocycles. The number of phenols is 1. The molecule has 0 saturated heterocycles. The number of para-hydroxylation sites is 1. The van der Waals surface area contributed by atoms with Crippen molar-refractivity contribution in [1.29, 1.82) is 0 Å². The van der Waals surface area contributed by atoms with Gasteiger partial charge in [0.05, 0.1) is 11.3 Å². The summed E-state index contributed by atoms with van der Waals surface area (Å²) < 4.78 is 25.9. The number of carbonyl (C=O) groups excluding carboxylic acids is 1. The van der Waals surface area contributed by atoms with Crippen molar-refractivity contribution >= 4 is 11.6 Å². The van der Waals surface area contributed by atoms with Crippen LogP contribution in [0.15, 0.2) is 47.6 Å². The predicted octanol–water partition coefficient (Wildman–Crippen LogP) is 2.82. The summed E-state index contributed by atoms with van der Waals surface area (Å²) in [6.07, 6.45) is 0. The number of benzene rings is 2. The minimum Gasteiger partial charge on any atom is -0.507 e. The average Bonchev–Trinajstić information content (AvgIpc) is 2.47. The van der Waals surface area contributed by atoms with E-state index in [1.807, 2.05) is 0 Å². The van der Waals surface area contributed by atoms with E-state index in [9.17, 15) is 18.7 Å². The lowest BCUT2D eigenvalue weighted by atomic mass is 10.1. The lowest BCUT2D eigenvalue weighted by Gasteiger charge is -2.05. The van der Waals surface area contributed by atoms with Gasteiger partial charge in [-0.25, -0.2) is 14.2 Å². The molecule has 0 fully saturated rings. The number of nitrogens with one attached hydrogen (secondary N) is 1. The van der Waals surface area contributed by atoms with E-state index in [0.717, 1.165) is 12.1 Å². The molecule has 1 amide bonds. The van der Waals surface area contributed by atoms with Crippen molar-refractivity contribution in [3.63, 3.8) is 0 Å². The molecule has 4 nitrogen and oxygen atoms in total. The van der Waals surface area contributed by atoms with Gasteiger partial charge < -0.3 is 5.11 Å². The molecule has 2 aromatic rings. The topological polar surface area (TPSA) is 61.7 Å². The Morgan fingerprint density at radius 2 is 1.86 bits per heavy atom. The van der Waals surface area contributed by atoms with E-state index in [-0.39, 0.29) is 11.3 Å². The third-order valence-electron chi connectivity index (χ3n) is 2.81. The van der Waals surface area contributed by atoms with E-state index in [2.05, 4.69) is 10.5 Å². The van der Waals surface area contributed by atoms with Crippen LogP contribution in [0.4, 0.5) is 8.78 Å². The van der Waals surface area contributed by atoms with Crippen molar-refractivity contribution in [3.05, 3.63) is 65.2 Å². The molecule has 0 bridgehead atoms. The van der Waals surface area contributed by atoms with Gasteiger partial charge in [-0.05, 0) is 37.3 Å². The summed E-state index contributed by atoms with van der Waals surface area (Å²) in [6, 6.07) is 9.31. The zero-order chi connectivity index (χ0) is 15.4. The molecule has 21 heavy (non-hydrogen) atoms. The zero-order valence-electron chi connectivity index (χ0n) is 11.1. The summed E-state index contributed by atoms with van der Waals surface area (Å²) in [5, 5.41) is 13.3. The molecule has 2 rings (SSSR count). The quantitative estimate of drug-likeness (QED) is 0.674. The first kappa shape index (κ1) is 14.6. The minimum absolute atomic E-state index is 0.0688. The Labute approximate surface area is 119 Å². The lowest BCUT2D eigenvalue weighted by molar-refractivity contribution is 0.0952. The highest BCUT2D eigenvalue weighted by Gasteiger charge is 2.10. The fraction of sp³-hybridized carbons (Fsp3) is 0.0667. The second-order valence-corrected chi connectivity index (χ2v) is 4.28. The maximum atomic E-state index is 13.1. The standard InChI is InChI=1S/C15H12F2N2O2/c1-9(10-6-7-12(16)13(17)8-10)18-19-15(21)11-4-2-3-5-14(11)20/h2-8,20H,1H3,(H,19,21)/b18-9-. The Morgan fingerprint density at radius 3 is 2.52 bits per heavy atom. The first-order chi connectivity index (χ1) is 9.99. The third kappa shape index (κ3) is 3.42. The number of nitrogens with zero attached hydrogens (tertiary/aromatic N) is 1. The molecule has 2 N–H and O–H groups in total. The molecule has 6 heteroatoms. The SMILES string of the molecule is C/C(=N/NC(=O)c1ccccc1O)c1ccc(F)c(F)c1. The molecule has 0 aliphatic carbocycles. The van der Waals surface area contributed by atoms with E-state index in [1.165, 1.54) is 25.1 Å². The second-order valence-electron chi connectivity index (χ2n) is 4.28. The van der Waals surface area contributed by atoms with E-state index >= 15 is 0 Å². The van der Waals surface area contributed by atoms with Gasteiger partial charge in [0.2, 0.25) is 0 Å². The number of halogens is 2. The van der Waals surface area contributed by atoms with Crippen molar-refractivity contribution in [3.8, 4) is 5.75 Å². The molecule has 0 spiro atoms. The molecule has 108 valence electrons. The summed E-state index contributed by atoms with van der Waals surface area (Å²) in [5.74, 6) is -2.72. The molecule has 0 aliphatic heterocycles. The first-order valence-electron chi connectivity index (χ1n) is 6.07. The van der Waals surface area contributed by atoms with Crippen molar-refractivity contribution in [2.75, 3.05) is 0 Å². The van der Waals surface area contributed by atoms with E-state index in [0.29, 0.717) is 11.3 Å². The molecule has 2 aromatic carbocycles. The molecule has 0 aromatic heterocycles. The summed E-state index contributed by atoms with van der Waals surface area (Å²) in [6.45, 7) is 1.54. The molecule has 0 unspecified atom stereocenters. The Morgan fingerprint density at radius 1 is 1.14 bits per heavy atom. The number of aromatic hydroxyl groups is 1. The van der Waals surface area contributed by atoms with Crippen LogP contribution in [0.5, 0.6) is 5.75 Å². The number of hydrazone groups is 1. The van der Waals surface area contributed by atoms with Gasteiger partial charge in [0.25, 0.3) is 5.91 Å². The maximum Gasteiger partial charge on any atom is 0.275 e. The normalized spacial score (nSPS) is 11.3. The highest BCUT2D eigenvalue weighted by atomic mass is 19.2. The van der Waals surface area contributed by atoms with Gasteiger partial charge in [0.15, 0.2) is 11.6 Å². The van der Waals surface area contributed by atoms with Gasteiger partial charge in [-0.15, -0.1) is 0 Å². The van der Waals surface area contributed by atoms with Gasteiger partial charge in [0.1, 0.15) is 5.75 Å². The molecular formula is C15H12F2N2O2. The van der Waals surface area contributed by atoms with E-state index in [4.69, 9.17) is 0 Å². The van der Waals surface area contributed by atoms with Crippen LogP contribution in [-0.4, -0.2) is 16.7 Å². The summed E-state index contributed by atoms with van der Waals surface area (Å²) >= 11 is 0. The number of hydrogen-bond acceptors (Lipinski definition) is 3. The van der Waals surface area contributed by atoms with Crippen LogP contribution in [0, 0.1) is 11.6 Å². The van der Waals surface area contributed by atoms with Gasteiger partial charge in [-0.3, -0.25) is 4.79 Å². The van der Waals surface area contributed by atoms with Crippen LogP contribution < -0.4 is 5.43 Å². The van der Waals surface area contributed by atoms with Crippen molar-refractivity contribution in [1.82, 2.24) is 5.43 Å². The fourth-order valence-electron chi connectivity index (χ4n) is 1.65. The van der Waals surface area contributed by atoms with E-state index in [1.54, 1.807) is 12.1 Å². The number of rotatable bonds is 3. The van der Waals surface area contributed by atoms with Crippen LogP contribution in [0.3, 0.4) is 0 Å². The average molecular weight is 290 g/mol. The molecule has 0 heterocycles. The minimum atomic E-state index is -0.992.